The molecular weight excluding hydrogens is 256 g/mol. The van der Waals surface area contributed by atoms with E-state index < -0.39 is 0 Å². The summed E-state index contributed by atoms with van der Waals surface area (Å²) < 4.78 is 6.25. The SMILES string of the molecule is CCC(C)c1ccc(OC2CCCc3ccccc32)cc1. The van der Waals surface area contributed by atoms with Crippen molar-refractivity contribution in [3.8, 4) is 5.75 Å². The highest BCUT2D eigenvalue weighted by atomic mass is 16.5. The van der Waals surface area contributed by atoms with Crippen LogP contribution in [-0.2, 0) is 6.42 Å². The molecule has 0 spiro atoms. The summed E-state index contributed by atoms with van der Waals surface area (Å²) in [4.78, 5) is 0. The van der Waals surface area contributed by atoms with Crippen LogP contribution in [0.1, 0.15) is 61.8 Å². The second kappa shape index (κ2) is 6.34. The molecule has 2 aromatic carbocycles. The van der Waals surface area contributed by atoms with Gasteiger partial charge in [0.2, 0.25) is 0 Å². The third kappa shape index (κ3) is 3.12. The molecule has 2 aromatic rings. The largest absolute Gasteiger partial charge is 0.486 e. The molecule has 0 aromatic heterocycles. The zero-order valence-corrected chi connectivity index (χ0v) is 13.0. The summed E-state index contributed by atoms with van der Waals surface area (Å²) in [6.45, 7) is 4.50. The molecular formula is C20H24O. The molecule has 0 N–H and O–H groups in total. The minimum Gasteiger partial charge on any atom is -0.486 e. The summed E-state index contributed by atoms with van der Waals surface area (Å²) in [5, 5.41) is 0. The highest BCUT2D eigenvalue weighted by Crippen LogP contribution is 2.34. The van der Waals surface area contributed by atoms with Crippen molar-refractivity contribution in [3.63, 3.8) is 0 Å². The molecule has 1 aliphatic rings. The predicted octanol–water partition coefficient (Wildman–Crippen LogP) is 5.66. The van der Waals surface area contributed by atoms with Gasteiger partial charge in [0.05, 0.1) is 0 Å². The monoisotopic (exact) mass is 280 g/mol. The van der Waals surface area contributed by atoms with Crippen LogP contribution >= 0.6 is 0 Å². The fourth-order valence-electron chi connectivity index (χ4n) is 3.11. The van der Waals surface area contributed by atoms with E-state index in [1.165, 1.54) is 36.0 Å². The molecule has 21 heavy (non-hydrogen) atoms. The number of rotatable bonds is 4. The zero-order chi connectivity index (χ0) is 14.7. The Balaban J connectivity index is 1.76. The first-order chi connectivity index (χ1) is 10.3. The Morgan fingerprint density at radius 3 is 2.62 bits per heavy atom. The molecule has 0 saturated carbocycles. The van der Waals surface area contributed by atoms with Gasteiger partial charge in [-0.2, -0.15) is 0 Å². The van der Waals surface area contributed by atoms with Crippen molar-refractivity contribution < 1.29 is 4.74 Å². The standard InChI is InChI=1S/C20H24O/c1-3-15(2)16-11-13-18(14-12-16)21-20-10-6-8-17-7-4-5-9-19(17)20/h4-5,7,9,11-15,20H,3,6,8,10H2,1-2H3. The molecule has 1 heteroatoms. The predicted molar refractivity (Wildman–Crippen MR) is 87.9 cm³/mol. The van der Waals surface area contributed by atoms with Crippen molar-refractivity contribution in [2.24, 2.45) is 0 Å². The Kier molecular flexibility index (Phi) is 4.28. The molecule has 0 amide bonds. The fraction of sp³-hybridized carbons (Fsp3) is 0.400. The summed E-state index contributed by atoms with van der Waals surface area (Å²) in [6, 6.07) is 17.4. The Labute approximate surface area is 128 Å². The lowest BCUT2D eigenvalue weighted by Gasteiger charge is -2.26. The Bertz CT molecular complexity index is 585. The lowest BCUT2D eigenvalue weighted by atomic mass is 9.89. The van der Waals surface area contributed by atoms with E-state index in [-0.39, 0.29) is 6.10 Å². The lowest BCUT2D eigenvalue weighted by molar-refractivity contribution is 0.183. The van der Waals surface area contributed by atoms with E-state index in [1.807, 2.05) is 0 Å². The van der Waals surface area contributed by atoms with E-state index >= 15 is 0 Å². The molecule has 0 saturated heterocycles. The van der Waals surface area contributed by atoms with Crippen LogP contribution in [0.2, 0.25) is 0 Å². The van der Waals surface area contributed by atoms with Crippen molar-refractivity contribution in [2.75, 3.05) is 0 Å². The second-order valence-corrected chi connectivity index (χ2v) is 6.08. The number of fused-ring (bicyclic) bond motifs is 1. The van der Waals surface area contributed by atoms with Gasteiger partial charge in [0.15, 0.2) is 0 Å². The number of benzene rings is 2. The van der Waals surface area contributed by atoms with E-state index in [0.717, 1.165) is 12.2 Å². The van der Waals surface area contributed by atoms with E-state index in [9.17, 15) is 0 Å². The average molecular weight is 280 g/mol. The molecule has 110 valence electrons. The van der Waals surface area contributed by atoms with Crippen LogP contribution in [0.15, 0.2) is 48.5 Å². The summed E-state index contributed by atoms with van der Waals surface area (Å²) in [6.07, 6.45) is 4.90. The van der Waals surface area contributed by atoms with Crippen molar-refractivity contribution in [2.45, 2.75) is 51.6 Å². The van der Waals surface area contributed by atoms with Crippen LogP contribution in [0.3, 0.4) is 0 Å². The topological polar surface area (TPSA) is 9.23 Å². The van der Waals surface area contributed by atoms with Crippen LogP contribution < -0.4 is 4.74 Å². The smallest absolute Gasteiger partial charge is 0.124 e. The summed E-state index contributed by atoms with van der Waals surface area (Å²) in [5.74, 6) is 1.61. The van der Waals surface area contributed by atoms with Gasteiger partial charge in [-0.25, -0.2) is 0 Å². The van der Waals surface area contributed by atoms with Crippen molar-refractivity contribution in [1.82, 2.24) is 0 Å². The maximum atomic E-state index is 6.25. The Morgan fingerprint density at radius 2 is 1.86 bits per heavy atom. The van der Waals surface area contributed by atoms with E-state index in [2.05, 4.69) is 62.4 Å². The minimum atomic E-state index is 0.212. The molecule has 3 rings (SSSR count). The van der Waals surface area contributed by atoms with Crippen LogP contribution in [0, 0.1) is 0 Å². The molecule has 1 nitrogen and oxygen atoms in total. The third-order valence-corrected chi connectivity index (χ3v) is 4.65. The first kappa shape index (κ1) is 14.2. The molecule has 0 fully saturated rings. The van der Waals surface area contributed by atoms with E-state index in [1.54, 1.807) is 0 Å². The van der Waals surface area contributed by atoms with Gasteiger partial charge < -0.3 is 4.74 Å². The first-order valence-electron chi connectivity index (χ1n) is 8.12. The van der Waals surface area contributed by atoms with Crippen molar-refractivity contribution >= 4 is 0 Å². The molecule has 1 aliphatic carbocycles. The number of aryl methyl sites for hydroxylation is 1. The third-order valence-electron chi connectivity index (χ3n) is 4.65. The quantitative estimate of drug-likeness (QED) is 0.702. The number of ether oxygens (including phenoxy) is 1. The minimum absolute atomic E-state index is 0.212. The Hall–Kier alpha value is -1.76. The van der Waals surface area contributed by atoms with Gasteiger partial charge in [-0.05, 0) is 60.4 Å². The van der Waals surface area contributed by atoms with Crippen molar-refractivity contribution in [3.05, 3.63) is 65.2 Å². The zero-order valence-electron chi connectivity index (χ0n) is 13.0. The van der Waals surface area contributed by atoms with Gasteiger partial charge in [0.25, 0.3) is 0 Å². The highest BCUT2D eigenvalue weighted by molar-refractivity contribution is 5.34. The number of hydrogen-bond acceptors (Lipinski definition) is 1. The van der Waals surface area contributed by atoms with Crippen LogP contribution in [0.4, 0.5) is 0 Å². The van der Waals surface area contributed by atoms with Crippen LogP contribution in [-0.4, -0.2) is 0 Å². The van der Waals surface area contributed by atoms with E-state index in [0.29, 0.717) is 5.92 Å². The summed E-state index contributed by atoms with van der Waals surface area (Å²) >= 11 is 0. The summed E-state index contributed by atoms with van der Waals surface area (Å²) in [7, 11) is 0. The average Bonchev–Trinajstić information content (AvgIpc) is 2.55. The van der Waals surface area contributed by atoms with Gasteiger partial charge in [-0.3, -0.25) is 0 Å². The maximum Gasteiger partial charge on any atom is 0.124 e. The Morgan fingerprint density at radius 1 is 1.10 bits per heavy atom. The molecule has 2 atom stereocenters. The molecule has 2 unspecified atom stereocenters. The molecule has 0 heterocycles. The lowest BCUT2D eigenvalue weighted by Crippen LogP contribution is -2.15. The molecule has 0 aliphatic heterocycles. The van der Waals surface area contributed by atoms with Gasteiger partial charge in [0, 0.05) is 0 Å². The number of hydrogen-bond donors (Lipinski definition) is 0. The van der Waals surface area contributed by atoms with Gasteiger partial charge in [-0.15, -0.1) is 0 Å². The fourth-order valence-corrected chi connectivity index (χ4v) is 3.11. The highest BCUT2D eigenvalue weighted by Gasteiger charge is 2.21. The van der Waals surface area contributed by atoms with Crippen molar-refractivity contribution in [1.29, 1.82) is 0 Å². The van der Waals surface area contributed by atoms with Crippen LogP contribution in [0.5, 0.6) is 5.75 Å². The van der Waals surface area contributed by atoms with Gasteiger partial charge in [0.1, 0.15) is 11.9 Å². The normalized spacial score (nSPS) is 18.9. The van der Waals surface area contributed by atoms with Gasteiger partial charge >= 0.3 is 0 Å². The molecule has 0 bridgehead atoms. The second-order valence-electron chi connectivity index (χ2n) is 6.08. The van der Waals surface area contributed by atoms with Crippen LogP contribution in [0.25, 0.3) is 0 Å². The van der Waals surface area contributed by atoms with Gasteiger partial charge in [-0.1, -0.05) is 50.2 Å². The van der Waals surface area contributed by atoms with E-state index in [4.69, 9.17) is 4.74 Å². The first-order valence-corrected chi connectivity index (χ1v) is 8.12. The maximum absolute atomic E-state index is 6.25. The molecule has 0 radical (unpaired) electrons. The summed E-state index contributed by atoms with van der Waals surface area (Å²) in [5.41, 5.74) is 4.22.